The molecular formula is C15H20O3. The standard InChI is InChI=1S/C15H20O3/c1-15(2,9-5-6-10-16)12-7-8-13(17-3)14(11-12)18-4/h5-8,10-11H,9H2,1-4H3/b6-5+. The normalized spacial score (nSPS) is 11.6. The Balaban J connectivity index is 3.01. The average molecular weight is 248 g/mol. The van der Waals surface area contributed by atoms with E-state index in [0.717, 1.165) is 29.8 Å². The summed E-state index contributed by atoms with van der Waals surface area (Å²) in [5.41, 5.74) is 1.09. The molecule has 0 aliphatic carbocycles. The quantitative estimate of drug-likeness (QED) is 0.573. The maximum Gasteiger partial charge on any atom is 0.161 e. The van der Waals surface area contributed by atoms with E-state index in [1.807, 2.05) is 24.3 Å². The fraction of sp³-hybridized carbons (Fsp3) is 0.400. The number of hydrogen-bond acceptors (Lipinski definition) is 3. The van der Waals surface area contributed by atoms with Gasteiger partial charge in [-0.1, -0.05) is 26.0 Å². The average Bonchev–Trinajstić information content (AvgIpc) is 2.38. The van der Waals surface area contributed by atoms with Crippen molar-refractivity contribution >= 4 is 6.29 Å². The Labute approximate surface area is 108 Å². The van der Waals surface area contributed by atoms with Gasteiger partial charge in [0.05, 0.1) is 14.2 Å². The molecule has 0 aromatic heterocycles. The van der Waals surface area contributed by atoms with Crippen LogP contribution in [0.2, 0.25) is 0 Å². The molecule has 0 amide bonds. The summed E-state index contributed by atoms with van der Waals surface area (Å²) in [5.74, 6) is 1.45. The molecule has 98 valence electrons. The van der Waals surface area contributed by atoms with Crippen molar-refractivity contribution < 1.29 is 14.3 Å². The van der Waals surface area contributed by atoms with Crippen molar-refractivity contribution in [3.63, 3.8) is 0 Å². The number of carbonyl (C=O) groups excluding carboxylic acids is 1. The predicted octanol–water partition coefficient (Wildman–Crippen LogP) is 3.13. The Hall–Kier alpha value is -1.77. The van der Waals surface area contributed by atoms with E-state index in [1.54, 1.807) is 14.2 Å². The minimum absolute atomic E-state index is 0.0565. The number of allylic oxidation sites excluding steroid dienone is 2. The van der Waals surface area contributed by atoms with Crippen LogP contribution in [0.4, 0.5) is 0 Å². The van der Waals surface area contributed by atoms with Gasteiger partial charge in [-0.15, -0.1) is 0 Å². The Morgan fingerprint density at radius 2 is 1.83 bits per heavy atom. The summed E-state index contributed by atoms with van der Waals surface area (Å²) in [6.45, 7) is 4.26. The summed E-state index contributed by atoms with van der Waals surface area (Å²) < 4.78 is 10.5. The van der Waals surface area contributed by atoms with Gasteiger partial charge < -0.3 is 9.47 Å². The van der Waals surface area contributed by atoms with Crippen molar-refractivity contribution in [1.82, 2.24) is 0 Å². The molecule has 18 heavy (non-hydrogen) atoms. The number of rotatable bonds is 6. The van der Waals surface area contributed by atoms with Crippen molar-refractivity contribution in [3.05, 3.63) is 35.9 Å². The van der Waals surface area contributed by atoms with E-state index in [-0.39, 0.29) is 5.41 Å². The van der Waals surface area contributed by atoms with Gasteiger partial charge in [-0.25, -0.2) is 0 Å². The summed E-state index contributed by atoms with van der Waals surface area (Å²) in [6, 6.07) is 5.91. The van der Waals surface area contributed by atoms with Gasteiger partial charge in [0.25, 0.3) is 0 Å². The molecule has 1 rings (SSSR count). The molecule has 1 aromatic rings. The number of ether oxygens (including phenoxy) is 2. The summed E-state index contributed by atoms with van der Waals surface area (Å²) in [4.78, 5) is 10.3. The van der Waals surface area contributed by atoms with Crippen LogP contribution >= 0.6 is 0 Å². The first-order valence-corrected chi connectivity index (χ1v) is 5.88. The summed E-state index contributed by atoms with van der Waals surface area (Å²) in [6.07, 6.45) is 5.00. The third-order valence-corrected chi connectivity index (χ3v) is 3.01. The molecule has 1 aromatic carbocycles. The van der Waals surface area contributed by atoms with E-state index in [0.29, 0.717) is 0 Å². The molecule has 0 spiro atoms. The lowest BCUT2D eigenvalue weighted by Crippen LogP contribution is -2.16. The lowest BCUT2D eigenvalue weighted by molar-refractivity contribution is -0.104. The summed E-state index contributed by atoms with van der Waals surface area (Å²) in [7, 11) is 3.25. The fourth-order valence-corrected chi connectivity index (χ4v) is 1.79. The van der Waals surface area contributed by atoms with E-state index < -0.39 is 0 Å². The molecule has 0 fully saturated rings. The second kappa shape index (κ2) is 6.24. The molecule has 0 radical (unpaired) electrons. The molecule has 0 atom stereocenters. The molecule has 0 N–H and O–H groups in total. The first-order valence-electron chi connectivity index (χ1n) is 5.88. The Morgan fingerprint density at radius 1 is 1.17 bits per heavy atom. The van der Waals surface area contributed by atoms with Crippen molar-refractivity contribution in [2.24, 2.45) is 0 Å². The van der Waals surface area contributed by atoms with Crippen molar-refractivity contribution in [2.75, 3.05) is 14.2 Å². The molecule has 3 heteroatoms. The van der Waals surface area contributed by atoms with Crippen molar-refractivity contribution in [3.8, 4) is 11.5 Å². The molecule has 0 saturated carbocycles. The lowest BCUT2D eigenvalue weighted by atomic mass is 9.81. The fourth-order valence-electron chi connectivity index (χ4n) is 1.79. The number of aldehydes is 1. The first-order chi connectivity index (χ1) is 8.55. The monoisotopic (exact) mass is 248 g/mol. The number of carbonyl (C=O) groups is 1. The van der Waals surface area contributed by atoms with Gasteiger partial charge in [0.1, 0.15) is 6.29 Å². The highest BCUT2D eigenvalue weighted by Crippen LogP contribution is 2.34. The summed E-state index contributed by atoms with van der Waals surface area (Å²) >= 11 is 0. The van der Waals surface area contributed by atoms with Gasteiger partial charge in [-0.05, 0) is 35.6 Å². The van der Waals surface area contributed by atoms with Gasteiger partial charge in [0, 0.05) is 0 Å². The van der Waals surface area contributed by atoms with Crippen LogP contribution in [0, 0.1) is 0 Å². The zero-order chi connectivity index (χ0) is 13.6. The van der Waals surface area contributed by atoms with Crippen LogP contribution in [0.5, 0.6) is 11.5 Å². The van der Waals surface area contributed by atoms with E-state index in [4.69, 9.17) is 9.47 Å². The second-order valence-electron chi connectivity index (χ2n) is 4.72. The first kappa shape index (κ1) is 14.3. The Morgan fingerprint density at radius 3 is 2.39 bits per heavy atom. The number of benzene rings is 1. The molecule has 0 heterocycles. The van der Waals surface area contributed by atoms with E-state index >= 15 is 0 Å². The Bertz CT molecular complexity index is 433. The zero-order valence-corrected chi connectivity index (χ0v) is 11.4. The minimum atomic E-state index is -0.0565. The SMILES string of the molecule is COc1ccc(C(C)(C)C/C=C/C=O)cc1OC. The van der Waals surface area contributed by atoms with Crippen LogP contribution in [-0.4, -0.2) is 20.5 Å². The highest BCUT2D eigenvalue weighted by atomic mass is 16.5. The van der Waals surface area contributed by atoms with E-state index in [9.17, 15) is 4.79 Å². The van der Waals surface area contributed by atoms with Crippen molar-refractivity contribution in [2.45, 2.75) is 25.7 Å². The highest BCUT2D eigenvalue weighted by molar-refractivity contribution is 5.64. The maximum absolute atomic E-state index is 10.3. The van der Waals surface area contributed by atoms with Gasteiger partial charge in [0.15, 0.2) is 11.5 Å². The van der Waals surface area contributed by atoms with Gasteiger partial charge in [-0.2, -0.15) is 0 Å². The number of methoxy groups -OCH3 is 2. The molecule has 0 unspecified atom stereocenters. The summed E-state index contributed by atoms with van der Waals surface area (Å²) in [5, 5.41) is 0. The molecule has 0 aliphatic rings. The second-order valence-corrected chi connectivity index (χ2v) is 4.72. The third kappa shape index (κ3) is 3.36. The van der Waals surface area contributed by atoms with Crippen LogP contribution in [0.15, 0.2) is 30.4 Å². The van der Waals surface area contributed by atoms with Crippen LogP contribution in [-0.2, 0) is 10.2 Å². The van der Waals surface area contributed by atoms with Crippen LogP contribution < -0.4 is 9.47 Å². The zero-order valence-electron chi connectivity index (χ0n) is 11.4. The highest BCUT2D eigenvalue weighted by Gasteiger charge is 2.20. The van der Waals surface area contributed by atoms with Gasteiger partial charge in [0.2, 0.25) is 0 Å². The van der Waals surface area contributed by atoms with Crippen molar-refractivity contribution in [1.29, 1.82) is 0 Å². The van der Waals surface area contributed by atoms with E-state index in [2.05, 4.69) is 13.8 Å². The third-order valence-electron chi connectivity index (χ3n) is 3.01. The van der Waals surface area contributed by atoms with E-state index in [1.165, 1.54) is 6.08 Å². The molecule has 0 bridgehead atoms. The van der Waals surface area contributed by atoms with Gasteiger partial charge in [-0.3, -0.25) is 4.79 Å². The van der Waals surface area contributed by atoms with Crippen LogP contribution in [0.1, 0.15) is 25.8 Å². The minimum Gasteiger partial charge on any atom is -0.493 e. The largest absolute Gasteiger partial charge is 0.493 e. The van der Waals surface area contributed by atoms with Gasteiger partial charge >= 0.3 is 0 Å². The topological polar surface area (TPSA) is 35.5 Å². The molecule has 0 saturated heterocycles. The molecule has 3 nitrogen and oxygen atoms in total. The predicted molar refractivity (Wildman–Crippen MR) is 72.4 cm³/mol. The smallest absolute Gasteiger partial charge is 0.161 e. The van der Waals surface area contributed by atoms with Crippen LogP contribution in [0.25, 0.3) is 0 Å². The Kier molecular flexibility index (Phi) is 4.95. The number of hydrogen-bond donors (Lipinski definition) is 0. The molecule has 0 aliphatic heterocycles. The lowest BCUT2D eigenvalue weighted by Gasteiger charge is -2.24. The molecular weight excluding hydrogens is 228 g/mol. The van der Waals surface area contributed by atoms with Crippen LogP contribution in [0.3, 0.4) is 0 Å². The maximum atomic E-state index is 10.3.